The van der Waals surface area contributed by atoms with E-state index in [1.54, 1.807) is 0 Å². The van der Waals surface area contributed by atoms with Crippen LogP contribution in [0.3, 0.4) is 0 Å². The molecule has 0 radical (unpaired) electrons. The minimum atomic E-state index is -0.391. The number of nitrogens with one attached hydrogen (secondary N) is 1. The second-order valence-electron chi connectivity index (χ2n) is 5.22. The number of hydrogen-bond donors (Lipinski definition) is 2. The Morgan fingerprint density at radius 2 is 2.06 bits per heavy atom. The molecular weight excluding hydrogens is 218 g/mol. The summed E-state index contributed by atoms with van der Waals surface area (Å²) in [6.07, 6.45) is 7.26. The van der Waals surface area contributed by atoms with Crippen LogP contribution in [-0.4, -0.2) is 49.7 Å². The van der Waals surface area contributed by atoms with Gasteiger partial charge in [-0.25, -0.2) is 0 Å². The first kappa shape index (κ1) is 13.3. The summed E-state index contributed by atoms with van der Waals surface area (Å²) in [6, 6.07) is 0.416. The minimum absolute atomic E-state index is 0.383. The summed E-state index contributed by atoms with van der Waals surface area (Å²) in [6.45, 7) is 2.69. The zero-order valence-electron chi connectivity index (χ0n) is 10.6. The van der Waals surface area contributed by atoms with Gasteiger partial charge in [0.05, 0.1) is 25.4 Å². The highest BCUT2D eigenvalue weighted by Gasteiger charge is 2.18. The fourth-order valence-corrected chi connectivity index (χ4v) is 2.54. The van der Waals surface area contributed by atoms with E-state index in [2.05, 4.69) is 5.32 Å². The number of rotatable bonds is 6. The Bertz CT molecular complexity index is 201. The molecular formula is C13H25NO3. The van der Waals surface area contributed by atoms with Gasteiger partial charge in [-0.05, 0) is 19.3 Å². The molecule has 1 aliphatic heterocycles. The zero-order chi connectivity index (χ0) is 11.9. The van der Waals surface area contributed by atoms with Gasteiger partial charge in [-0.2, -0.15) is 0 Å². The average Bonchev–Trinajstić information content (AvgIpc) is 2.88. The van der Waals surface area contributed by atoms with Crippen molar-refractivity contribution in [3.63, 3.8) is 0 Å². The lowest BCUT2D eigenvalue weighted by atomic mass is 9.98. The third-order valence-corrected chi connectivity index (χ3v) is 3.65. The average molecular weight is 243 g/mol. The van der Waals surface area contributed by atoms with Crippen LogP contribution in [0.1, 0.15) is 38.5 Å². The molecule has 0 aromatic carbocycles. The maximum absolute atomic E-state index is 9.81. The Labute approximate surface area is 104 Å². The fourth-order valence-electron chi connectivity index (χ4n) is 2.54. The maximum Gasteiger partial charge on any atom is 0.0897 e. The van der Waals surface area contributed by atoms with E-state index in [9.17, 15) is 5.11 Å². The third kappa shape index (κ3) is 4.92. The molecule has 1 saturated carbocycles. The first-order valence-corrected chi connectivity index (χ1v) is 6.95. The Morgan fingerprint density at radius 1 is 1.24 bits per heavy atom. The van der Waals surface area contributed by atoms with Crippen molar-refractivity contribution < 1.29 is 14.6 Å². The first-order valence-electron chi connectivity index (χ1n) is 6.95. The molecule has 100 valence electrons. The van der Waals surface area contributed by atoms with Gasteiger partial charge < -0.3 is 19.9 Å². The lowest BCUT2D eigenvalue weighted by Crippen LogP contribution is -2.38. The lowest BCUT2D eigenvalue weighted by molar-refractivity contribution is -0.0236. The van der Waals surface area contributed by atoms with E-state index in [1.807, 2.05) is 0 Å². The molecule has 0 aromatic rings. The van der Waals surface area contributed by atoms with Crippen LogP contribution in [0.15, 0.2) is 0 Å². The SMILES string of the molecule is OC(CNC1CCOC1)COC1CCCCC1. The van der Waals surface area contributed by atoms with Crippen molar-refractivity contribution in [1.82, 2.24) is 5.32 Å². The molecule has 0 amide bonds. The molecule has 2 unspecified atom stereocenters. The Hall–Kier alpha value is -0.160. The van der Waals surface area contributed by atoms with Crippen LogP contribution < -0.4 is 5.32 Å². The van der Waals surface area contributed by atoms with Crippen molar-refractivity contribution in [2.24, 2.45) is 0 Å². The number of aliphatic hydroxyl groups is 1. The summed E-state index contributed by atoms with van der Waals surface area (Å²) >= 11 is 0. The molecule has 0 bridgehead atoms. The highest BCUT2D eigenvalue weighted by molar-refractivity contribution is 4.73. The van der Waals surface area contributed by atoms with Crippen LogP contribution in [0, 0.1) is 0 Å². The lowest BCUT2D eigenvalue weighted by Gasteiger charge is -2.24. The minimum Gasteiger partial charge on any atom is -0.389 e. The highest BCUT2D eigenvalue weighted by atomic mass is 16.5. The first-order chi connectivity index (χ1) is 8.34. The van der Waals surface area contributed by atoms with E-state index < -0.39 is 6.10 Å². The zero-order valence-corrected chi connectivity index (χ0v) is 10.6. The van der Waals surface area contributed by atoms with Crippen molar-refractivity contribution in [3.05, 3.63) is 0 Å². The summed E-state index contributed by atoms with van der Waals surface area (Å²) < 4.78 is 11.0. The Kier molecular flexibility index (Phi) is 5.71. The third-order valence-electron chi connectivity index (χ3n) is 3.65. The molecule has 2 rings (SSSR count). The van der Waals surface area contributed by atoms with E-state index in [0.717, 1.165) is 32.5 Å². The van der Waals surface area contributed by atoms with Crippen molar-refractivity contribution in [3.8, 4) is 0 Å². The van der Waals surface area contributed by atoms with Crippen molar-refractivity contribution in [2.75, 3.05) is 26.4 Å². The summed E-state index contributed by atoms with van der Waals surface area (Å²) in [7, 11) is 0. The van der Waals surface area contributed by atoms with Crippen molar-refractivity contribution in [2.45, 2.75) is 56.8 Å². The van der Waals surface area contributed by atoms with E-state index in [-0.39, 0.29) is 0 Å². The van der Waals surface area contributed by atoms with Gasteiger partial charge >= 0.3 is 0 Å². The fraction of sp³-hybridized carbons (Fsp3) is 1.00. The number of ether oxygens (including phenoxy) is 2. The van der Waals surface area contributed by atoms with E-state index >= 15 is 0 Å². The molecule has 2 atom stereocenters. The van der Waals surface area contributed by atoms with Crippen LogP contribution in [-0.2, 0) is 9.47 Å². The summed E-state index contributed by atoms with van der Waals surface area (Å²) in [5.41, 5.74) is 0. The Morgan fingerprint density at radius 3 is 2.76 bits per heavy atom. The van der Waals surface area contributed by atoms with Crippen LogP contribution in [0.25, 0.3) is 0 Å². The predicted molar refractivity (Wildman–Crippen MR) is 66.1 cm³/mol. The largest absolute Gasteiger partial charge is 0.389 e. The Balaban J connectivity index is 1.52. The smallest absolute Gasteiger partial charge is 0.0897 e. The van der Waals surface area contributed by atoms with Crippen molar-refractivity contribution >= 4 is 0 Å². The molecule has 1 heterocycles. The van der Waals surface area contributed by atoms with E-state index in [0.29, 0.717) is 25.3 Å². The molecule has 1 saturated heterocycles. The normalized spacial score (nSPS) is 28.4. The number of aliphatic hydroxyl groups excluding tert-OH is 1. The topological polar surface area (TPSA) is 50.7 Å². The molecule has 2 N–H and O–H groups in total. The van der Waals surface area contributed by atoms with Gasteiger partial charge in [0.1, 0.15) is 0 Å². The second kappa shape index (κ2) is 7.31. The van der Waals surface area contributed by atoms with Gasteiger partial charge in [0, 0.05) is 19.2 Å². The monoisotopic (exact) mass is 243 g/mol. The van der Waals surface area contributed by atoms with Gasteiger partial charge in [0.2, 0.25) is 0 Å². The molecule has 4 nitrogen and oxygen atoms in total. The standard InChI is InChI=1S/C13H25NO3/c15-12(8-14-11-6-7-16-9-11)10-17-13-4-2-1-3-5-13/h11-15H,1-10H2. The van der Waals surface area contributed by atoms with E-state index in [4.69, 9.17) is 9.47 Å². The van der Waals surface area contributed by atoms with Gasteiger partial charge in [-0.15, -0.1) is 0 Å². The van der Waals surface area contributed by atoms with Crippen LogP contribution in [0.2, 0.25) is 0 Å². The summed E-state index contributed by atoms with van der Waals surface area (Å²) in [4.78, 5) is 0. The quantitative estimate of drug-likeness (QED) is 0.733. The van der Waals surface area contributed by atoms with Crippen molar-refractivity contribution in [1.29, 1.82) is 0 Å². The number of hydrogen-bond acceptors (Lipinski definition) is 4. The molecule has 0 spiro atoms. The molecule has 2 fully saturated rings. The van der Waals surface area contributed by atoms with Crippen LogP contribution in [0.5, 0.6) is 0 Å². The van der Waals surface area contributed by atoms with Gasteiger partial charge in [-0.3, -0.25) is 0 Å². The van der Waals surface area contributed by atoms with Crippen LogP contribution in [0.4, 0.5) is 0 Å². The maximum atomic E-state index is 9.81. The van der Waals surface area contributed by atoms with Gasteiger partial charge in [0.25, 0.3) is 0 Å². The molecule has 0 aromatic heterocycles. The summed E-state index contributed by atoms with van der Waals surface area (Å²) in [5.74, 6) is 0. The summed E-state index contributed by atoms with van der Waals surface area (Å²) in [5, 5.41) is 13.1. The molecule has 4 heteroatoms. The predicted octanol–water partition coefficient (Wildman–Crippen LogP) is 1.08. The molecule has 1 aliphatic carbocycles. The van der Waals surface area contributed by atoms with E-state index in [1.165, 1.54) is 19.3 Å². The highest BCUT2D eigenvalue weighted by Crippen LogP contribution is 2.20. The molecule has 2 aliphatic rings. The second-order valence-corrected chi connectivity index (χ2v) is 5.22. The van der Waals surface area contributed by atoms with Crippen LogP contribution >= 0.6 is 0 Å². The van der Waals surface area contributed by atoms with Gasteiger partial charge in [-0.1, -0.05) is 19.3 Å². The molecule has 17 heavy (non-hydrogen) atoms. The van der Waals surface area contributed by atoms with Gasteiger partial charge in [0.15, 0.2) is 0 Å².